The van der Waals surface area contributed by atoms with Crippen LogP contribution in [0.4, 0.5) is 0 Å². The van der Waals surface area contributed by atoms with Crippen molar-refractivity contribution in [3.05, 3.63) is 12.7 Å². The molecule has 0 aliphatic carbocycles. The summed E-state index contributed by atoms with van der Waals surface area (Å²) < 4.78 is 5.17. The minimum atomic E-state index is -0.0217. The molecular weight excluding hydrogens is 194 g/mol. The molecule has 0 aromatic rings. The Bertz CT molecular complexity index is 240. The maximum absolute atomic E-state index is 11.5. The van der Waals surface area contributed by atoms with Crippen molar-refractivity contribution in [1.82, 2.24) is 4.90 Å². The van der Waals surface area contributed by atoms with Crippen LogP contribution in [0.5, 0.6) is 0 Å². The molecule has 1 amide bonds. The zero-order valence-corrected chi connectivity index (χ0v) is 8.91. The van der Waals surface area contributed by atoms with Gasteiger partial charge in [-0.15, -0.1) is 6.58 Å². The highest BCUT2D eigenvalue weighted by Gasteiger charge is 2.20. The molecule has 15 heavy (non-hydrogen) atoms. The molecule has 1 heterocycles. The predicted octanol–water partition coefficient (Wildman–Crippen LogP) is 0.771. The third kappa shape index (κ3) is 4.25. The van der Waals surface area contributed by atoms with Crippen molar-refractivity contribution in [2.75, 3.05) is 26.3 Å². The monoisotopic (exact) mass is 211 g/mol. The third-order valence-corrected chi connectivity index (χ3v) is 2.37. The number of piperidine rings is 1. The molecule has 1 saturated heterocycles. The Morgan fingerprint density at radius 3 is 2.73 bits per heavy atom. The van der Waals surface area contributed by atoms with Gasteiger partial charge in [0.15, 0.2) is 0 Å². The lowest BCUT2D eigenvalue weighted by atomic mass is 10.1. The molecule has 1 fully saturated rings. The van der Waals surface area contributed by atoms with Crippen molar-refractivity contribution in [2.24, 2.45) is 0 Å². The number of carbonyl (C=O) groups is 2. The number of nitrogens with zero attached hydrogens (tertiary/aromatic N) is 1. The van der Waals surface area contributed by atoms with Crippen LogP contribution in [-0.2, 0) is 14.3 Å². The van der Waals surface area contributed by atoms with Gasteiger partial charge in [0.25, 0.3) is 0 Å². The van der Waals surface area contributed by atoms with Crippen LogP contribution < -0.4 is 0 Å². The Morgan fingerprint density at radius 2 is 2.13 bits per heavy atom. The number of likely N-dealkylation sites (tertiary alicyclic amines) is 1. The molecule has 0 bridgehead atoms. The zero-order chi connectivity index (χ0) is 11.1. The number of amides is 1. The molecule has 4 heteroatoms. The summed E-state index contributed by atoms with van der Waals surface area (Å²) in [5.74, 6) is 0.221. The van der Waals surface area contributed by atoms with Gasteiger partial charge in [-0.1, -0.05) is 6.08 Å². The van der Waals surface area contributed by atoms with Gasteiger partial charge < -0.3 is 9.64 Å². The molecule has 1 aliphatic heterocycles. The summed E-state index contributed by atoms with van der Waals surface area (Å²) in [5.41, 5.74) is 0. The van der Waals surface area contributed by atoms with E-state index in [0.29, 0.717) is 32.5 Å². The van der Waals surface area contributed by atoms with Gasteiger partial charge >= 0.3 is 0 Å². The number of carbonyl (C=O) groups excluding carboxylic acids is 2. The highest BCUT2D eigenvalue weighted by Crippen LogP contribution is 2.05. The highest BCUT2D eigenvalue weighted by atomic mass is 16.5. The Morgan fingerprint density at radius 1 is 1.47 bits per heavy atom. The van der Waals surface area contributed by atoms with E-state index in [1.54, 1.807) is 11.0 Å². The van der Waals surface area contributed by atoms with Crippen molar-refractivity contribution in [3.63, 3.8) is 0 Å². The summed E-state index contributed by atoms with van der Waals surface area (Å²) in [6, 6.07) is 0. The lowest BCUT2D eigenvalue weighted by molar-refractivity contribution is -0.138. The smallest absolute Gasteiger partial charge is 0.248 e. The second-order valence-electron chi connectivity index (χ2n) is 3.55. The molecule has 0 aromatic heterocycles. The van der Waals surface area contributed by atoms with Crippen molar-refractivity contribution in [1.29, 1.82) is 0 Å². The van der Waals surface area contributed by atoms with Crippen molar-refractivity contribution in [3.8, 4) is 0 Å². The lowest BCUT2D eigenvalue weighted by Gasteiger charge is -2.25. The van der Waals surface area contributed by atoms with Crippen LogP contribution in [0, 0.1) is 0 Å². The summed E-state index contributed by atoms with van der Waals surface area (Å²) in [6.45, 7) is 5.29. The summed E-state index contributed by atoms with van der Waals surface area (Å²) in [6.07, 6.45) is 3.48. The van der Waals surface area contributed by atoms with Gasteiger partial charge in [0, 0.05) is 25.9 Å². The fourth-order valence-corrected chi connectivity index (χ4v) is 1.42. The predicted molar refractivity (Wildman–Crippen MR) is 56.5 cm³/mol. The third-order valence-electron chi connectivity index (χ3n) is 2.37. The molecule has 0 unspecified atom stereocenters. The fraction of sp³-hybridized carbons (Fsp3) is 0.636. The number of ether oxygens (including phenoxy) is 1. The molecule has 1 rings (SSSR count). The molecule has 0 N–H and O–H groups in total. The van der Waals surface area contributed by atoms with Gasteiger partial charge in [0.05, 0.1) is 6.61 Å². The van der Waals surface area contributed by atoms with Crippen LogP contribution in [0.3, 0.4) is 0 Å². The van der Waals surface area contributed by atoms with Crippen molar-refractivity contribution < 1.29 is 14.3 Å². The number of hydrogen-bond donors (Lipinski definition) is 0. The molecular formula is C11H17NO3. The summed E-state index contributed by atoms with van der Waals surface area (Å²) in [5, 5.41) is 0. The Kier molecular flexibility index (Phi) is 5.04. The van der Waals surface area contributed by atoms with Gasteiger partial charge in [0.2, 0.25) is 5.91 Å². The highest BCUT2D eigenvalue weighted by molar-refractivity contribution is 5.83. The Hall–Kier alpha value is -1.16. The quantitative estimate of drug-likeness (QED) is 0.498. The summed E-state index contributed by atoms with van der Waals surface area (Å²) in [4.78, 5) is 24.2. The van der Waals surface area contributed by atoms with Gasteiger partial charge in [-0.2, -0.15) is 0 Å². The molecule has 4 nitrogen and oxygen atoms in total. The molecule has 0 aromatic carbocycles. The van der Waals surface area contributed by atoms with Gasteiger partial charge in [-0.3, -0.25) is 9.59 Å². The Labute approximate surface area is 89.9 Å². The van der Waals surface area contributed by atoms with E-state index in [1.165, 1.54) is 0 Å². The van der Waals surface area contributed by atoms with E-state index in [4.69, 9.17) is 4.74 Å². The first-order chi connectivity index (χ1) is 7.24. The van der Waals surface area contributed by atoms with E-state index in [0.717, 1.165) is 6.42 Å². The largest absolute Gasteiger partial charge is 0.371 e. The topological polar surface area (TPSA) is 46.6 Å². The first-order valence-corrected chi connectivity index (χ1v) is 5.22. The molecule has 1 aliphatic rings. The van der Waals surface area contributed by atoms with Crippen molar-refractivity contribution >= 4 is 11.7 Å². The number of hydrogen-bond acceptors (Lipinski definition) is 3. The molecule has 0 saturated carbocycles. The van der Waals surface area contributed by atoms with Crippen LogP contribution >= 0.6 is 0 Å². The number of rotatable bonds is 5. The van der Waals surface area contributed by atoms with Crippen LogP contribution in [-0.4, -0.2) is 42.9 Å². The summed E-state index contributed by atoms with van der Waals surface area (Å²) in [7, 11) is 0. The first-order valence-electron chi connectivity index (χ1n) is 5.22. The van der Waals surface area contributed by atoms with E-state index in [-0.39, 0.29) is 18.3 Å². The second-order valence-corrected chi connectivity index (χ2v) is 3.55. The van der Waals surface area contributed by atoms with E-state index >= 15 is 0 Å². The minimum Gasteiger partial charge on any atom is -0.371 e. The SMILES string of the molecule is C=CCCOCC(=O)N1CCC(=O)CC1. The molecule has 84 valence electrons. The van der Waals surface area contributed by atoms with Crippen LogP contribution in [0.2, 0.25) is 0 Å². The standard InChI is InChI=1S/C11H17NO3/c1-2-3-8-15-9-11(14)12-6-4-10(13)5-7-12/h2H,1,3-9H2. The van der Waals surface area contributed by atoms with Crippen molar-refractivity contribution in [2.45, 2.75) is 19.3 Å². The number of ketones is 1. The fourth-order valence-electron chi connectivity index (χ4n) is 1.42. The van der Waals surface area contributed by atoms with Crippen LogP contribution in [0.15, 0.2) is 12.7 Å². The van der Waals surface area contributed by atoms with E-state index < -0.39 is 0 Å². The maximum Gasteiger partial charge on any atom is 0.248 e. The maximum atomic E-state index is 11.5. The van der Waals surface area contributed by atoms with Gasteiger partial charge in [-0.25, -0.2) is 0 Å². The van der Waals surface area contributed by atoms with Crippen LogP contribution in [0.25, 0.3) is 0 Å². The van der Waals surface area contributed by atoms with E-state index in [9.17, 15) is 9.59 Å². The summed E-state index contributed by atoms with van der Waals surface area (Å²) >= 11 is 0. The minimum absolute atomic E-state index is 0.0217. The van der Waals surface area contributed by atoms with E-state index in [1.807, 2.05) is 0 Å². The lowest BCUT2D eigenvalue weighted by Crippen LogP contribution is -2.40. The molecule has 0 atom stereocenters. The first kappa shape index (κ1) is 11.9. The zero-order valence-electron chi connectivity index (χ0n) is 8.91. The van der Waals surface area contributed by atoms with Crippen LogP contribution in [0.1, 0.15) is 19.3 Å². The van der Waals surface area contributed by atoms with Gasteiger partial charge in [0.1, 0.15) is 12.4 Å². The molecule has 0 spiro atoms. The average Bonchev–Trinajstić information content (AvgIpc) is 2.25. The van der Waals surface area contributed by atoms with E-state index in [2.05, 4.69) is 6.58 Å². The normalized spacial score (nSPS) is 16.5. The Balaban J connectivity index is 2.16. The van der Waals surface area contributed by atoms with Gasteiger partial charge in [-0.05, 0) is 6.42 Å². The molecule has 0 radical (unpaired) electrons. The second kappa shape index (κ2) is 6.35. The average molecular weight is 211 g/mol. The number of Topliss-reactive ketones (excluding diaryl/α,β-unsaturated/α-hetero) is 1.